The number of ether oxygens (including phenoxy) is 6. The molecule has 7 atom stereocenters. The summed E-state index contributed by atoms with van der Waals surface area (Å²) in [6.45, 7) is 1.82. The molecule has 8 heteroatoms. The number of carbonyl (C=O) groups is 2. The zero-order chi connectivity index (χ0) is 29.4. The molecular formula is C35H30O8. The van der Waals surface area contributed by atoms with Gasteiger partial charge in [-0.25, -0.2) is 9.59 Å². The van der Waals surface area contributed by atoms with E-state index in [0.29, 0.717) is 11.1 Å². The molecule has 4 aromatic rings. The van der Waals surface area contributed by atoms with Crippen LogP contribution in [0.3, 0.4) is 0 Å². The zero-order valence-corrected chi connectivity index (χ0v) is 23.4. The molecule has 4 aromatic carbocycles. The highest BCUT2D eigenvalue weighted by atomic mass is 16.8. The normalized spacial score (nSPS) is 31.0. The van der Waals surface area contributed by atoms with E-state index in [1.807, 2.05) is 72.8 Å². The molecule has 218 valence electrons. The van der Waals surface area contributed by atoms with Gasteiger partial charge in [-0.15, -0.1) is 0 Å². The molecule has 0 aromatic heterocycles. The van der Waals surface area contributed by atoms with Crippen molar-refractivity contribution in [3.05, 3.63) is 144 Å². The van der Waals surface area contributed by atoms with E-state index in [1.165, 1.54) is 0 Å². The van der Waals surface area contributed by atoms with Crippen molar-refractivity contribution in [3.8, 4) is 0 Å². The number of benzene rings is 4. The number of hydrogen-bond acceptors (Lipinski definition) is 8. The van der Waals surface area contributed by atoms with E-state index in [1.54, 1.807) is 55.5 Å². The second-order valence-corrected chi connectivity index (χ2v) is 11.0. The molecule has 0 radical (unpaired) electrons. The van der Waals surface area contributed by atoms with Gasteiger partial charge < -0.3 is 28.4 Å². The average molecular weight is 579 g/mol. The van der Waals surface area contributed by atoms with Crippen LogP contribution in [0, 0.1) is 0 Å². The highest BCUT2D eigenvalue weighted by Gasteiger charge is 2.80. The first kappa shape index (κ1) is 27.5. The molecule has 0 amide bonds. The molecule has 8 nitrogen and oxygen atoms in total. The Morgan fingerprint density at radius 2 is 1.23 bits per heavy atom. The fourth-order valence-corrected chi connectivity index (χ4v) is 5.97. The number of esters is 2. The third-order valence-electron chi connectivity index (χ3n) is 8.23. The van der Waals surface area contributed by atoms with Crippen LogP contribution in [0.25, 0.3) is 0 Å². The highest BCUT2D eigenvalue weighted by Crippen LogP contribution is 2.63. The summed E-state index contributed by atoms with van der Waals surface area (Å²) in [5.41, 5.74) is 0.670. The van der Waals surface area contributed by atoms with Crippen LogP contribution in [-0.4, -0.2) is 48.2 Å². The van der Waals surface area contributed by atoms with Crippen LogP contribution in [0.15, 0.2) is 121 Å². The van der Waals surface area contributed by atoms with E-state index in [9.17, 15) is 9.59 Å². The Labute approximate surface area is 249 Å². The molecule has 3 aliphatic rings. The minimum absolute atomic E-state index is 0.138. The molecule has 0 N–H and O–H groups in total. The quantitative estimate of drug-likeness (QED) is 0.209. The summed E-state index contributed by atoms with van der Waals surface area (Å²) in [6.07, 6.45) is -4.03. The van der Waals surface area contributed by atoms with Gasteiger partial charge in [-0.1, -0.05) is 97.1 Å². The van der Waals surface area contributed by atoms with Crippen LogP contribution in [0.4, 0.5) is 0 Å². The smallest absolute Gasteiger partial charge is 0.339 e. The van der Waals surface area contributed by atoms with Gasteiger partial charge in [0.2, 0.25) is 11.4 Å². The Hall–Kier alpha value is -4.34. The van der Waals surface area contributed by atoms with E-state index in [2.05, 4.69) is 0 Å². The Kier molecular flexibility index (Phi) is 7.07. The summed E-state index contributed by atoms with van der Waals surface area (Å²) in [5.74, 6) is -2.68. The number of carbonyl (C=O) groups excluding carboxylic acids is 2. The maximum absolute atomic E-state index is 13.7. The number of fused-ring (bicyclic) bond motifs is 1. The van der Waals surface area contributed by atoms with Crippen molar-refractivity contribution in [3.63, 3.8) is 0 Å². The van der Waals surface area contributed by atoms with Crippen LogP contribution < -0.4 is 0 Å². The monoisotopic (exact) mass is 578 g/mol. The maximum atomic E-state index is 13.7. The fourth-order valence-electron chi connectivity index (χ4n) is 5.97. The number of hydrogen-bond donors (Lipinski definition) is 0. The minimum atomic E-state index is -1.63. The lowest BCUT2D eigenvalue weighted by molar-refractivity contribution is -0.366. The van der Waals surface area contributed by atoms with Gasteiger partial charge in [-0.3, -0.25) is 0 Å². The Morgan fingerprint density at radius 1 is 0.698 bits per heavy atom. The average Bonchev–Trinajstić information content (AvgIpc) is 3.80. The van der Waals surface area contributed by atoms with E-state index >= 15 is 0 Å². The summed E-state index contributed by atoms with van der Waals surface area (Å²) in [7, 11) is 0. The zero-order valence-electron chi connectivity index (χ0n) is 23.4. The lowest BCUT2D eigenvalue weighted by atomic mass is 9.79. The summed E-state index contributed by atoms with van der Waals surface area (Å²) in [4.78, 5) is 27.3. The molecule has 3 heterocycles. The molecule has 43 heavy (non-hydrogen) atoms. The molecule has 3 aliphatic heterocycles. The van der Waals surface area contributed by atoms with Crippen LogP contribution in [0.2, 0.25) is 0 Å². The van der Waals surface area contributed by atoms with Gasteiger partial charge >= 0.3 is 11.9 Å². The summed E-state index contributed by atoms with van der Waals surface area (Å²) in [6, 6.07) is 36.3. The van der Waals surface area contributed by atoms with Gasteiger partial charge in [-0.05, 0) is 36.8 Å². The van der Waals surface area contributed by atoms with E-state index in [4.69, 9.17) is 28.4 Å². The maximum Gasteiger partial charge on any atom is 0.339 e. The van der Waals surface area contributed by atoms with E-state index in [-0.39, 0.29) is 6.61 Å². The molecule has 0 unspecified atom stereocenters. The van der Waals surface area contributed by atoms with Crippen molar-refractivity contribution in [1.82, 2.24) is 0 Å². The number of rotatable bonds is 6. The van der Waals surface area contributed by atoms with Crippen molar-refractivity contribution < 1.29 is 38.0 Å². The standard InChI is InChI=1S/C35H30O8/c1-34(43-32(37)25-18-10-4-11-19-25)30(40-31(36)24-16-8-3-9-17-24)28-27(22-38-33(39-28)26-20-12-5-13-21-26)41-35(34)29(42-35)23-14-6-2-7-15-23/h2-21,27-30,33H,22H2,1H3/t27-,28-,29-,30+,33+,34-,35-/m1/s1. The molecule has 1 spiro atoms. The van der Waals surface area contributed by atoms with Crippen molar-refractivity contribution in [2.45, 2.75) is 49.0 Å². The van der Waals surface area contributed by atoms with Crippen LogP contribution >= 0.6 is 0 Å². The third kappa shape index (κ3) is 4.92. The van der Waals surface area contributed by atoms with Gasteiger partial charge in [0.25, 0.3) is 0 Å². The molecule has 0 bridgehead atoms. The minimum Gasteiger partial charge on any atom is -0.451 e. The van der Waals surface area contributed by atoms with Gasteiger partial charge in [0, 0.05) is 5.56 Å². The van der Waals surface area contributed by atoms with Gasteiger partial charge in [0.05, 0.1) is 17.7 Å². The summed E-state index contributed by atoms with van der Waals surface area (Å²) in [5, 5.41) is 0. The summed E-state index contributed by atoms with van der Waals surface area (Å²) < 4.78 is 38.3. The number of epoxide rings is 1. The van der Waals surface area contributed by atoms with Crippen LogP contribution in [-0.2, 0) is 28.4 Å². The second-order valence-electron chi connectivity index (χ2n) is 11.0. The Bertz CT molecular complexity index is 1580. The first-order valence-electron chi connectivity index (χ1n) is 14.3. The predicted molar refractivity (Wildman–Crippen MR) is 154 cm³/mol. The molecule has 0 saturated carbocycles. The largest absolute Gasteiger partial charge is 0.451 e. The Balaban J connectivity index is 1.31. The molecule has 7 rings (SSSR count). The Morgan fingerprint density at radius 3 is 1.84 bits per heavy atom. The van der Waals surface area contributed by atoms with E-state index in [0.717, 1.165) is 11.1 Å². The van der Waals surface area contributed by atoms with Crippen LogP contribution in [0.1, 0.15) is 51.2 Å². The van der Waals surface area contributed by atoms with Gasteiger partial charge in [0.1, 0.15) is 18.3 Å². The molecular weight excluding hydrogens is 548 g/mol. The van der Waals surface area contributed by atoms with Crippen molar-refractivity contribution in [2.24, 2.45) is 0 Å². The van der Waals surface area contributed by atoms with Crippen molar-refractivity contribution in [2.75, 3.05) is 6.61 Å². The molecule has 0 aliphatic carbocycles. The predicted octanol–water partition coefficient (Wildman–Crippen LogP) is 5.81. The summed E-state index contributed by atoms with van der Waals surface area (Å²) >= 11 is 0. The first-order chi connectivity index (χ1) is 21.0. The topological polar surface area (TPSA) is 92.8 Å². The van der Waals surface area contributed by atoms with E-state index < -0.39 is 54.0 Å². The molecule has 3 fully saturated rings. The lowest BCUT2D eigenvalue weighted by Crippen LogP contribution is -2.71. The lowest BCUT2D eigenvalue weighted by Gasteiger charge is -2.52. The third-order valence-corrected chi connectivity index (χ3v) is 8.23. The van der Waals surface area contributed by atoms with Crippen molar-refractivity contribution in [1.29, 1.82) is 0 Å². The van der Waals surface area contributed by atoms with Gasteiger partial charge in [0.15, 0.2) is 12.4 Å². The molecule has 3 saturated heterocycles. The fraction of sp³-hybridized carbons (Fsp3) is 0.257. The second kappa shape index (κ2) is 11.1. The van der Waals surface area contributed by atoms with Crippen molar-refractivity contribution >= 4 is 11.9 Å². The van der Waals surface area contributed by atoms with Crippen LogP contribution in [0.5, 0.6) is 0 Å². The van der Waals surface area contributed by atoms with Gasteiger partial charge in [-0.2, -0.15) is 0 Å². The first-order valence-corrected chi connectivity index (χ1v) is 14.3. The SMILES string of the molecule is C[C@@]1(OC(=O)c2ccccc2)[C@@H](OC(=O)c2ccccc2)[C@@H]2O[C@@H](c3ccccc3)OC[C@H]2O[C@]12O[C@@H]2c1ccccc1. The highest BCUT2D eigenvalue weighted by molar-refractivity contribution is 5.90.